The van der Waals surface area contributed by atoms with Crippen LogP contribution in [0.15, 0.2) is 24.3 Å². The van der Waals surface area contributed by atoms with Crippen LogP contribution in [0.1, 0.15) is 25.7 Å². The Morgan fingerprint density at radius 2 is 2.04 bits per heavy atom. The average Bonchev–Trinajstić information content (AvgIpc) is 3.40. The van der Waals surface area contributed by atoms with Gasteiger partial charge in [-0.15, -0.1) is 0 Å². The molecular weight excluding hydrogens is 307 g/mol. The van der Waals surface area contributed by atoms with E-state index >= 15 is 0 Å². The molecule has 1 amide bonds. The van der Waals surface area contributed by atoms with Crippen LogP contribution >= 0.6 is 0 Å². The molecule has 3 saturated heterocycles. The molecule has 4 nitrogen and oxygen atoms in total. The highest BCUT2D eigenvalue weighted by atomic mass is 19.1. The summed E-state index contributed by atoms with van der Waals surface area (Å²) in [6, 6.07) is 6.46. The zero-order valence-electron chi connectivity index (χ0n) is 14.0. The molecule has 24 heavy (non-hydrogen) atoms. The van der Waals surface area contributed by atoms with Gasteiger partial charge in [-0.25, -0.2) is 4.39 Å². The number of halogens is 1. The van der Waals surface area contributed by atoms with Crippen molar-refractivity contribution in [3.05, 3.63) is 30.1 Å². The Morgan fingerprint density at radius 3 is 2.83 bits per heavy atom. The van der Waals surface area contributed by atoms with E-state index in [2.05, 4.69) is 4.90 Å². The molecule has 1 aromatic carbocycles. The number of piperidine rings is 1. The maximum absolute atomic E-state index is 13.2. The maximum Gasteiger partial charge on any atom is 0.260 e. The Hall–Kier alpha value is -1.62. The van der Waals surface area contributed by atoms with Gasteiger partial charge >= 0.3 is 0 Å². The van der Waals surface area contributed by atoms with Gasteiger partial charge in [0.2, 0.25) is 0 Å². The highest BCUT2D eigenvalue weighted by molar-refractivity contribution is 5.78. The SMILES string of the molecule is O=C(COc1cccc(F)c1)N1C[C@H]2CC[C@@H](C1)N(CC1CC1)C2. The van der Waals surface area contributed by atoms with E-state index in [1.165, 1.54) is 44.4 Å². The van der Waals surface area contributed by atoms with Crippen molar-refractivity contribution in [3.63, 3.8) is 0 Å². The number of amides is 1. The molecule has 3 heterocycles. The Bertz CT molecular complexity index is 605. The second-order valence-electron chi connectivity index (χ2n) is 7.54. The normalized spacial score (nSPS) is 27.1. The van der Waals surface area contributed by atoms with Crippen molar-refractivity contribution in [1.82, 2.24) is 9.80 Å². The summed E-state index contributed by atoms with van der Waals surface area (Å²) in [5.41, 5.74) is 0. The first-order valence-electron chi connectivity index (χ1n) is 9.07. The molecule has 0 N–H and O–H groups in total. The van der Waals surface area contributed by atoms with Crippen LogP contribution < -0.4 is 4.74 Å². The lowest BCUT2D eigenvalue weighted by molar-refractivity contribution is -0.133. The lowest BCUT2D eigenvalue weighted by atomic mass is 9.95. The van der Waals surface area contributed by atoms with E-state index in [4.69, 9.17) is 4.74 Å². The Labute approximate surface area is 142 Å². The van der Waals surface area contributed by atoms with Gasteiger partial charge in [0.05, 0.1) is 0 Å². The van der Waals surface area contributed by atoms with Gasteiger partial charge in [0, 0.05) is 38.3 Å². The van der Waals surface area contributed by atoms with Crippen molar-refractivity contribution in [1.29, 1.82) is 0 Å². The van der Waals surface area contributed by atoms with Crippen LogP contribution in [-0.4, -0.2) is 54.5 Å². The molecule has 1 aliphatic carbocycles. The fourth-order valence-electron chi connectivity index (χ4n) is 4.03. The van der Waals surface area contributed by atoms with Crippen molar-refractivity contribution in [2.24, 2.45) is 11.8 Å². The first kappa shape index (κ1) is 15.9. The van der Waals surface area contributed by atoms with Gasteiger partial charge in [-0.05, 0) is 49.7 Å². The third-order valence-corrected chi connectivity index (χ3v) is 5.53. The first-order chi connectivity index (χ1) is 11.7. The van der Waals surface area contributed by atoms with Crippen molar-refractivity contribution in [2.45, 2.75) is 31.7 Å². The molecule has 2 atom stereocenters. The van der Waals surface area contributed by atoms with E-state index in [9.17, 15) is 9.18 Å². The van der Waals surface area contributed by atoms with Crippen molar-refractivity contribution in [3.8, 4) is 5.75 Å². The highest BCUT2D eigenvalue weighted by Gasteiger charge is 2.38. The number of carbonyl (C=O) groups is 1. The molecule has 4 fully saturated rings. The van der Waals surface area contributed by atoms with E-state index in [-0.39, 0.29) is 18.3 Å². The molecule has 130 valence electrons. The molecule has 3 aliphatic heterocycles. The minimum absolute atomic E-state index is 0.00841. The van der Waals surface area contributed by atoms with E-state index in [0.717, 1.165) is 25.6 Å². The van der Waals surface area contributed by atoms with Crippen molar-refractivity contribution in [2.75, 3.05) is 32.8 Å². The molecule has 0 aromatic heterocycles. The van der Waals surface area contributed by atoms with E-state index < -0.39 is 0 Å². The van der Waals surface area contributed by atoms with Crippen molar-refractivity contribution < 1.29 is 13.9 Å². The summed E-state index contributed by atoms with van der Waals surface area (Å²) in [6.07, 6.45) is 5.17. The molecule has 4 aliphatic rings. The van der Waals surface area contributed by atoms with Crippen LogP contribution in [0.4, 0.5) is 4.39 Å². The quantitative estimate of drug-likeness (QED) is 0.831. The number of hydrogen-bond donors (Lipinski definition) is 0. The summed E-state index contributed by atoms with van der Waals surface area (Å²) >= 11 is 0. The third kappa shape index (κ3) is 3.72. The molecule has 1 saturated carbocycles. The van der Waals surface area contributed by atoms with Crippen LogP contribution in [0.5, 0.6) is 5.75 Å². The third-order valence-electron chi connectivity index (χ3n) is 5.53. The number of nitrogens with zero attached hydrogens (tertiary/aromatic N) is 2. The summed E-state index contributed by atoms with van der Waals surface area (Å²) in [5.74, 6) is 1.56. The molecule has 0 radical (unpaired) electrons. The zero-order chi connectivity index (χ0) is 16.5. The van der Waals surface area contributed by atoms with Crippen LogP contribution in [0.25, 0.3) is 0 Å². The fraction of sp³-hybridized carbons (Fsp3) is 0.632. The summed E-state index contributed by atoms with van der Waals surface area (Å²) < 4.78 is 18.7. The Kier molecular flexibility index (Phi) is 4.44. The monoisotopic (exact) mass is 332 g/mol. The van der Waals surface area contributed by atoms with Gasteiger partial charge in [-0.1, -0.05) is 6.07 Å². The Balaban J connectivity index is 1.34. The number of hydrogen-bond acceptors (Lipinski definition) is 3. The standard InChI is InChI=1S/C19H25FN2O2/c20-16-2-1-3-18(8-16)24-13-19(23)22-11-15-6-7-17(12-22)21(10-15)9-14-4-5-14/h1-3,8,14-15,17H,4-7,9-13H2/t15-,17-/m0/s1. The molecular formula is C19H25FN2O2. The van der Waals surface area contributed by atoms with Crippen molar-refractivity contribution >= 4 is 5.91 Å². The summed E-state index contributed by atoms with van der Waals surface area (Å²) in [5, 5.41) is 0. The molecule has 2 bridgehead atoms. The van der Waals surface area contributed by atoms with Crippen LogP contribution in [0.3, 0.4) is 0 Å². The molecule has 5 rings (SSSR count). The van der Waals surface area contributed by atoms with Crippen LogP contribution in [0, 0.1) is 17.7 Å². The predicted molar refractivity (Wildman–Crippen MR) is 89.3 cm³/mol. The topological polar surface area (TPSA) is 32.8 Å². The second kappa shape index (κ2) is 6.71. The average molecular weight is 332 g/mol. The van der Waals surface area contributed by atoms with Gasteiger partial charge < -0.3 is 9.64 Å². The highest BCUT2D eigenvalue weighted by Crippen LogP contribution is 2.34. The second-order valence-corrected chi connectivity index (χ2v) is 7.54. The van der Waals surface area contributed by atoms with E-state index in [1.54, 1.807) is 12.1 Å². The molecule has 5 heteroatoms. The van der Waals surface area contributed by atoms with Gasteiger partial charge in [0.1, 0.15) is 11.6 Å². The largest absolute Gasteiger partial charge is 0.484 e. The zero-order valence-corrected chi connectivity index (χ0v) is 14.0. The Morgan fingerprint density at radius 1 is 1.17 bits per heavy atom. The minimum Gasteiger partial charge on any atom is -0.484 e. The van der Waals surface area contributed by atoms with E-state index in [1.807, 2.05) is 4.90 Å². The fourth-order valence-corrected chi connectivity index (χ4v) is 4.03. The van der Waals surface area contributed by atoms with Gasteiger partial charge in [0.25, 0.3) is 5.91 Å². The lowest BCUT2D eigenvalue weighted by Gasteiger charge is -2.36. The maximum atomic E-state index is 13.2. The van der Waals surface area contributed by atoms with Gasteiger partial charge in [0.15, 0.2) is 6.61 Å². The first-order valence-corrected chi connectivity index (χ1v) is 9.07. The lowest BCUT2D eigenvalue weighted by Crippen LogP contribution is -2.45. The van der Waals surface area contributed by atoms with Crippen LogP contribution in [0.2, 0.25) is 0 Å². The van der Waals surface area contributed by atoms with Crippen LogP contribution in [-0.2, 0) is 4.79 Å². The summed E-state index contributed by atoms with van der Waals surface area (Å²) in [7, 11) is 0. The summed E-state index contributed by atoms with van der Waals surface area (Å²) in [6.45, 7) is 3.99. The van der Waals surface area contributed by atoms with E-state index in [0.29, 0.717) is 17.7 Å². The number of rotatable bonds is 5. The summed E-state index contributed by atoms with van der Waals surface area (Å²) in [4.78, 5) is 17.1. The minimum atomic E-state index is -0.344. The molecule has 0 spiro atoms. The number of fused-ring (bicyclic) bond motifs is 4. The predicted octanol–water partition coefficient (Wildman–Crippen LogP) is 2.54. The smallest absolute Gasteiger partial charge is 0.260 e. The molecule has 1 aromatic rings. The molecule has 0 unspecified atom stereocenters. The van der Waals surface area contributed by atoms with Gasteiger partial charge in [-0.2, -0.15) is 0 Å². The number of benzene rings is 1. The number of carbonyl (C=O) groups excluding carboxylic acids is 1. The van der Waals surface area contributed by atoms with Gasteiger partial charge in [-0.3, -0.25) is 9.69 Å². The number of ether oxygens (including phenoxy) is 1.